The molecule has 0 saturated heterocycles. The first-order valence-electron chi connectivity index (χ1n) is 12.5. The van der Waals surface area contributed by atoms with E-state index in [0.29, 0.717) is 34.7 Å². The predicted octanol–water partition coefficient (Wildman–Crippen LogP) is 7.84. The lowest BCUT2D eigenvalue weighted by Gasteiger charge is -2.19. The Labute approximate surface area is 226 Å². The van der Waals surface area contributed by atoms with Crippen LogP contribution in [0.2, 0.25) is 0 Å². The molecule has 39 heavy (non-hydrogen) atoms. The summed E-state index contributed by atoms with van der Waals surface area (Å²) in [4.78, 5) is 25.0. The van der Waals surface area contributed by atoms with Crippen LogP contribution in [-0.2, 0) is 13.0 Å². The Morgan fingerprint density at radius 3 is 2.38 bits per heavy atom. The lowest BCUT2D eigenvalue weighted by Crippen LogP contribution is -2.20. The summed E-state index contributed by atoms with van der Waals surface area (Å²) < 4.78 is 20.5. The number of amides is 2. The molecule has 6 nitrogen and oxygen atoms in total. The molecule has 0 bridgehead atoms. The van der Waals surface area contributed by atoms with Gasteiger partial charge in [-0.3, -0.25) is 0 Å². The lowest BCUT2D eigenvalue weighted by atomic mass is 9.95. The third kappa shape index (κ3) is 7.11. The van der Waals surface area contributed by atoms with Gasteiger partial charge in [0.2, 0.25) is 0 Å². The molecule has 0 aliphatic heterocycles. The minimum absolute atomic E-state index is 0.0543. The van der Waals surface area contributed by atoms with E-state index in [2.05, 4.69) is 10.6 Å². The molecule has 0 aromatic heterocycles. The van der Waals surface area contributed by atoms with Crippen LogP contribution in [0, 0.1) is 12.7 Å². The molecule has 0 atom stereocenters. The second-order valence-corrected chi connectivity index (χ2v) is 9.00. The molecule has 7 heteroatoms. The van der Waals surface area contributed by atoms with Crippen molar-refractivity contribution in [3.05, 3.63) is 125 Å². The first-order chi connectivity index (χ1) is 18.8. The zero-order valence-electron chi connectivity index (χ0n) is 21.7. The number of anilines is 2. The zero-order valence-corrected chi connectivity index (χ0v) is 21.7. The molecule has 4 aromatic rings. The van der Waals surface area contributed by atoms with E-state index in [-0.39, 0.29) is 17.7 Å². The highest BCUT2D eigenvalue weighted by atomic mass is 19.1. The monoisotopic (exact) mass is 524 g/mol. The molecule has 4 aromatic carbocycles. The van der Waals surface area contributed by atoms with Crippen molar-refractivity contribution in [3.8, 4) is 16.9 Å². The van der Waals surface area contributed by atoms with Gasteiger partial charge in [0.25, 0.3) is 0 Å². The second kappa shape index (κ2) is 12.6. The second-order valence-electron chi connectivity index (χ2n) is 9.00. The highest BCUT2D eigenvalue weighted by Crippen LogP contribution is 2.38. The molecule has 0 spiro atoms. The number of carbonyl (C=O) groups excluding carboxylic acids is 1. The van der Waals surface area contributed by atoms with Crippen molar-refractivity contribution >= 4 is 23.4 Å². The van der Waals surface area contributed by atoms with Gasteiger partial charge in [0, 0.05) is 11.3 Å². The van der Waals surface area contributed by atoms with Gasteiger partial charge in [0.15, 0.2) is 0 Å². The van der Waals surface area contributed by atoms with E-state index in [4.69, 9.17) is 4.74 Å². The fourth-order valence-electron chi connectivity index (χ4n) is 4.10. The van der Waals surface area contributed by atoms with Crippen molar-refractivity contribution in [3.63, 3.8) is 0 Å². The van der Waals surface area contributed by atoms with E-state index < -0.39 is 17.8 Å². The number of hydrogen-bond acceptors (Lipinski definition) is 3. The molecule has 0 heterocycles. The fraction of sp³-hybridized carbons (Fsp3) is 0.125. The quantitative estimate of drug-likeness (QED) is 0.195. The van der Waals surface area contributed by atoms with Gasteiger partial charge in [-0.1, -0.05) is 60.2 Å². The van der Waals surface area contributed by atoms with Crippen molar-refractivity contribution in [1.82, 2.24) is 0 Å². The number of benzene rings is 4. The molecule has 0 saturated carbocycles. The molecule has 4 rings (SSSR count). The summed E-state index contributed by atoms with van der Waals surface area (Å²) in [7, 11) is 0. The summed E-state index contributed by atoms with van der Waals surface area (Å²) in [5.41, 5.74) is 4.20. The number of urea groups is 1. The first kappa shape index (κ1) is 27.1. The SMILES string of the molecule is C/C=C/Cc1cc(-c2cc(F)ccc2C(=O)O)cc(NC(=O)Nc2ccc(C)cc2)c1OCc1ccccc1. The molecule has 0 unspecified atom stereocenters. The number of ether oxygens (including phenoxy) is 1. The zero-order chi connectivity index (χ0) is 27.8. The number of halogens is 1. The topological polar surface area (TPSA) is 87.7 Å². The summed E-state index contributed by atoms with van der Waals surface area (Å²) in [5.74, 6) is -1.31. The number of carbonyl (C=O) groups is 2. The molecule has 2 amide bonds. The van der Waals surface area contributed by atoms with Crippen LogP contribution in [0.5, 0.6) is 5.75 Å². The Balaban J connectivity index is 1.80. The maximum Gasteiger partial charge on any atom is 0.336 e. The fourth-order valence-corrected chi connectivity index (χ4v) is 4.10. The van der Waals surface area contributed by atoms with Gasteiger partial charge in [-0.15, -0.1) is 0 Å². The number of aryl methyl sites for hydroxylation is 1. The third-order valence-corrected chi connectivity index (χ3v) is 6.05. The number of carboxylic acids is 1. The normalized spacial score (nSPS) is 10.8. The Bertz CT molecular complexity index is 1500. The van der Waals surface area contributed by atoms with Crippen LogP contribution in [0.3, 0.4) is 0 Å². The van der Waals surface area contributed by atoms with E-state index >= 15 is 0 Å². The molecule has 0 aliphatic rings. The van der Waals surface area contributed by atoms with Gasteiger partial charge < -0.3 is 20.5 Å². The van der Waals surface area contributed by atoms with Crippen LogP contribution in [0.1, 0.15) is 34.0 Å². The molecular weight excluding hydrogens is 495 g/mol. The number of carboxylic acid groups (broad SMARTS) is 1. The van der Waals surface area contributed by atoms with Crippen molar-refractivity contribution in [2.75, 3.05) is 10.6 Å². The van der Waals surface area contributed by atoms with Crippen molar-refractivity contribution in [2.24, 2.45) is 0 Å². The van der Waals surface area contributed by atoms with Crippen molar-refractivity contribution < 1.29 is 23.8 Å². The van der Waals surface area contributed by atoms with Crippen LogP contribution in [0.25, 0.3) is 11.1 Å². The maximum absolute atomic E-state index is 14.3. The standard InChI is InChI=1S/C32H29FN2O4/c1-3-4-10-23-17-24(28-19-25(33)13-16-27(28)31(36)37)18-29(30(23)39-20-22-8-6-5-7-9-22)35-32(38)34-26-14-11-21(2)12-15-26/h3-9,11-19H,10,20H2,1-2H3,(H,36,37)(H2,34,35,38)/b4-3+. The highest BCUT2D eigenvalue weighted by molar-refractivity contribution is 6.02. The lowest BCUT2D eigenvalue weighted by molar-refractivity contribution is 0.0697. The summed E-state index contributed by atoms with van der Waals surface area (Å²) in [5, 5.41) is 15.4. The Hall–Kier alpha value is -4.91. The van der Waals surface area contributed by atoms with E-state index in [1.54, 1.807) is 24.3 Å². The van der Waals surface area contributed by atoms with Gasteiger partial charge >= 0.3 is 12.0 Å². The molecule has 198 valence electrons. The predicted molar refractivity (Wildman–Crippen MR) is 152 cm³/mol. The van der Waals surface area contributed by atoms with Crippen molar-refractivity contribution in [2.45, 2.75) is 26.9 Å². The third-order valence-electron chi connectivity index (χ3n) is 6.05. The van der Waals surface area contributed by atoms with Gasteiger partial charge in [-0.25, -0.2) is 14.0 Å². The smallest absolute Gasteiger partial charge is 0.336 e. The average molecular weight is 525 g/mol. The molecule has 0 radical (unpaired) electrons. The van der Waals surface area contributed by atoms with Crippen LogP contribution in [0.15, 0.2) is 97.1 Å². The number of hydrogen-bond donors (Lipinski definition) is 3. The summed E-state index contributed by atoms with van der Waals surface area (Å²) in [6.07, 6.45) is 4.25. The van der Waals surface area contributed by atoms with Crippen LogP contribution >= 0.6 is 0 Å². The van der Waals surface area contributed by atoms with E-state index in [1.165, 1.54) is 12.1 Å². The molecule has 3 N–H and O–H groups in total. The van der Waals surface area contributed by atoms with Gasteiger partial charge in [0.05, 0.1) is 11.3 Å². The van der Waals surface area contributed by atoms with E-state index in [9.17, 15) is 19.1 Å². The minimum Gasteiger partial charge on any atom is -0.486 e. The number of allylic oxidation sites excluding steroid dienone is 2. The number of nitrogens with one attached hydrogen (secondary N) is 2. The van der Waals surface area contributed by atoms with Gasteiger partial charge in [0.1, 0.15) is 18.2 Å². The van der Waals surface area contributed by atoms with Crippen LogP contribution in [-0.4, -0.2) is 17.1 Å². The van der Waals surface area contributed by atoms with Gasteiger partial charge in [-0.05, 0) is 79.4 Å². The van der Waals surface area contributed by atoms with Crippen molar-refractivity contribution in [1.29, 1.82) is 0 Å². The Morgan fingerprint density at radius 1 is 0.949 bits per heavy atom. The molecule has 0 fully saturated rings. The van der Waals surface area contributed by atoms with Gasteiger partial charge in [-0.2, -0.15) is 0 Å². The largest absolute Gasteiger partial charge is 0.486 e. The summed E-state index contributed by atoms with van der Waals surface area (Å²) in [6, 6.07) is 23.4. The Kier molecular flexibility index (Phi) is 8.74. The minimum atomic E-state index is -1.18. The average Bonchev–Trinajstić information content (AvgIpc) is 2.92. The summed E-state index contributed by atoms with van der Waals surface area (Å²) >= 11 is 0. The number of rotatable bonds is 9. The number of aromatic carboxylic acids is 1. The highest BCUT2D eigenvalue weighted by Gasteiger charge is 2.19. The Morgan fingerprint density at radius 2 is 1.69 bits per heavy atom. The van der Waals surface area contributed by atoms with E-state index in [0.717, 1.165) is 17.2 Å². The van der Waals surface area contributed by atoms with E-state index in [1.807, 2.05) is 68.5 Å². The van der Waals surface area contributed by atoms with Crippen LogP contribution < -0.4 is 15.4 Å². The van der Waals surface area contributed by atoms with Crippen LogP contribution in [0.4, 0.5) is 20.6 Å². The molecular formula is C32H29FN2O4. The summed E-state index contributed by atoms with van der Waals surface area (Å²) in [6.45, 7) is 4.09. The molecule has 0 aliphatic carbocycles. The maximum atomic E-state index is 14.3. The first-order valence-corrected chi connectivity index (χ1v) is 12.5.